The zero-order valence-electron chi connectivity index (χ0n) is 11.1. The van der Waals surface area contributed by atoms with Crippen molar-refractivity contribution in [2.24, 2.45) is 5.92 Å². The molecule has 0 unspecified atom stereocenters. The van der Waals surface area contributed by atoms with Gasteiger partial charge in [0.2, 0.25) is 10.0 Å². The maximum Gasteiger partial charge on any atom is 0.416 e. The number of aliphatic hydroxyl groups excluding tert-OH is 1. The van der Waals surface area contributed by atoms with Gasteiger partial charge in [-0.25, -0.2) is 17.5 Å². The van der Waals surface area contributed by atoms with Crippen molar-refractivity contribution in [2.75, 3.05) is 6.61 Å². The normalized spacial score (nSPS) is 22.2. The molecule has 2 atom stereocenters. The Kier molecular flexibility index (Phi) is 4.59. The number of hydrogen-bond acceptors (Lipinski definition) is 3. The minimum atomic E-state index is -4.77. The van der Waals surface area contributed by atoms with E-state index in [0.29, 0.717) is 12.1 Å². The number of nitrogens with one attached hydrogen (secondary N) is 1. The lowest BCUT2D eigenvalue weighted by molar-refractivity contribution is -0.137. The predicted octanol–water partition coefficient (Wildman–Crippen LogP) is 2.06. The molecule has 9 heteroatoms. The van der Waals surface area contributed by atoms with E-state index in [9.17, 15) is 26.0 Å². The monoisotopic (exact) mass is 339 g/mol. The van der Waals surface area contributed by atoms with Crippen molar-refractivity contribution in [1.29, 1.82) is 0 Å². The Balaban J connectivity index is 2.28. The van der Waals surface area contributed by atoms with Crippen LogP contribution in [0, 0.1) is 11.7 Å². The molecular weight excluding hydrogens is 326 g/mol. The smallest absolute Gasteiger partial charge is 0.396 e. The molecule has 1 aliphatic rings. The number of benzene rings is 1. The molecule has 2 rings (SSSR count). The highest BCUT2D eigenvalue weighted by Gasteiger charge is 2.34. The standard InChI is InChI=1S/C13H13F4NO3S/c14-11-4-2-9(13(15,16)17)6-12(11)22(20,21)18-10-3-1-8(5-10)7-19/h1-4,6,8,10,18-19H,5,7H2/t8-,10+/m0/s1. The lowest BCUT2D eigenvalue weighted by Gasteiger charge is -2.15. The molecule has 0 fully saturated rings. The van der Waals surface area contributed by atoms with Crippen molar-refractivity contribution in [1.82, 2.24) is 4.72 Å². The minimum absolute atomic E-state index is 0.174. The molecule has 4 nitrogen and oxygen atoms in total. The number of aliphatic hydroxyl groups is 1. The van der Waals surface area contributed by atoms with Gasteiger partial charge in [0.15, 0.2) is 0 Å². The molecule has 0 saturated carbocycles. The van der Waals surface area contributed by atoms with E-state index in [4.69, 9.17) is 5.11 Å². The van der Waals surface area contributed by atoms with Crippen molar-refractivity contribution >= 4 is 10.0 Å². The van der Waals surface area contributed by atoms with Crippen LogP contribution in [0.25, 0.3) is 0 Å². The van der Waals surface area contributed by atoms with Gasteiger partial charge in [-0.3, -0.25) is 0 Å². The van der Waals surface area contributed by atoms with Crippen LogP contribution in [0.15, 0.2) is 35.2 Å². The van der Waals surface area contributed by atoms with Gasteiger partial charge in [0.05, 0.1) is 5.56 Å². The molecule has 1 aromatic carbocycles. The van der Waals surface area contributed by atoms with Crippen LogP contribution in [-0.2, 0) is 16.2 Å². The molecule has 1 aliphatic carbocycles. The molecule has 0 amide bonds. The second-order valence-corrected chi connectivity index (χ2v) is 6.62. The first-order chi connectivity index (χ1) is 10.1. The molecule has 122 valence electrons. The van der Waals surface area contributed by atoms with Gasteiger partial charge in [-0.15, -0.1) is 0 Å². The molecule has 1 aromatic rings. The van der Waals surface area contributed by atoms with Crippen LogP contribution in [0.4, 0.5) is 17.6 Å². The molecule has 0 heterocycles. The SMILES string of the molecule is O=S(=O)(N[C@@H]1C=C[C@H](CO)C1)c1cc(C(F)(F)F)ccc1F. The van der Waals surface area contributed by atoms with Crippen LogP contribution in [0.1, 0.15) is 12.0 Å². The largest absolute Gasteiger partial charge is 0.416 e. The molecule has 0 saturated heterocycles. The molecular formula is C13H13F4NO3S. The average molecular weight is 339 g/mol. The summed E-state index contributed by atoms with van der Waals surface area (Å²) in [6.07, 6.45) is -1.44. The third-order valence-electron chi connectivity index (χ3n) is 3.26. The maximum atomic E-state index is 13.6. The van der Waals surface area contributed by atoms with Crippen molar-refractivity contribution in [2.45, 2.75) is 23.5 Å². The summed E-state index contributed by atoms with van der Waals surface area (Å²) in [5.74, 6) is -1.50. The first kappa shape index (κ1) is 16.9. The van der Waals surface area contributed by atoms with Crippen LogP contribution in [-0.4, -0.2) is 26.2 Å². The molecule has 0 aromatic heterocycles. The summed E-state index contributed by atoms with van der Waals surface area (Å²) < 4.78 is 77.7. The summed E-state index contributed by atoms with van der Waals surface area (Å²) in [6, 6.07) is 0.514. The van der Waals surface area contributed by atoms with Gasteiger partial charge in [0.25, 0.3) is 0 Å². The number of hydrogen-bond donors (Lipinski definition) is 2. The van der Waals surface area contributed by atoms with Crippen LogP contribution >= 0.6 is 0 Å². The van der Waals surface area contributed by atoms with Crippen molar-refractivity contribution in [3.05, 3.63) is 41.7 Å². The van der Waals surface area contributed by atoms with Crippen LogP contribution < -0.4 is 4.72 Å². The zero-order chi connectivity index (χ0) is 16.5. The summed E-state index contributed by atoms with van der Waals surface area (Å²) in [5, 5.41) is 8.96. The quantitative estimate of drug-likeness (QED) is 0.652. The lowest BCUT2D eigenvalue weighted by atomic mass is 10.1. The second-order valence-electron chi connectivity index (χ2n) is 4.93. The Morgan fingerprint density at radius 2 is 1.95 bits per heavy atom. The first-order valence-corrected chi connectivity index (χ1v) is 7.80. The van der Waals surface area contributed by atoms with Crippen LogP contribution in [0.3, 0.4) is 0 Å². The van der Waals surface area contributed by atoms with Gasteiger partial charge >= 0.3 is 6.18 Å². The fourth-order valence-corrected chi connectivity index (χ4v) is 3.45. The van der Waals surface area contributed by atoms with Gasteiger partial charge in [-0.05, 0) is 24.6 Å². The van der Waals surface area contributed by atoms with E-state index in [2.05, 4.69) is 4.72 Å². The second kappa shape index (κ2) is 5.98. The van der Waals surface area contributed by atoms with Gasteiger partial charge in [-0.2, -0.15) is 13.2 Å². The van der Waals surface area contributed by atoms with E-state index in [1.807, 2.05) is 0 Å². The Bertz CT molecular complexity index is 685. The Morgan fingerprint density at radius 3 is 2.50 bits per heavy atom. The minimum Gasteiger partial charge on any atom is -0.396 e. The molecule has 0 spiro atoms. The van der Waals surface area contributed by atoms with Crippen LogP contribution in [0.2, 0.25) is 0 Å². The van der Waals surface area contributed by atoms with Crippen molar-refractivity contribution in [3.8, 4) is 0 Å². The Labute approximate surface area is 124 Å². The van der Waals surface area contributed by atoms with E-state index < -0.39 is 38.5 Å². The molecule has 0 aliphatic heterocycles. The number of alkyl halides is 3. The predicted molar refractivity (Wildman–Crippen MR) is 69.8 cm³/mol. The molecule has 2 N–H and O–H groups in total. The summed E-state index contributed by atoms with van der Waals surface area (Å²) in [5.41, 5.74) is -1.25. The maximum absolute atomic E-state index is 13.6. The fraction of sp³-hybridized carbons (Fsp3) is 0.385. The summed E-state index contributed by atoms with van der Waals surface area (Å²) in [7, 11) is -4.45. The average Bonchev–Trinajstić information content (AvgIpc) is 2.84. The Hall–Kier alpha value is -1.45. The molecule has 0 bridgehead atoms. The molecule has 0 radical (unpaired) electrons. The highest BCUT2D eigenvalue weighted by Crippen LogP contribution is 2.31. The number of halogens is 4. The highest BCUT2D eigenvalue weighted by atomic mass is 32.2. The van der Waals surface area contributed by atoms with E-state index in [1.54, 1.807) is 6.08 Å². The van der Waals surface area contributed by atoms with Crippen LogP contribution in [0.5, 0.6) is 0 Å². The Morgan fingerprint density at radius 1 is 1.27 bits per heavy atom. The van der Waals surface area contributed by atoms with Gasteiger partial charge in [-0.1, -0.05) is 12.2 Å². The van der Waals surface area contributed by atoms with E-state index in [0.717, 1.165) is 0 Å². The third-order valence-corrected chi connectivity index (χ3v) is 4.77. The van der Waals surface area contributed by atoms with E-state index >= 15 is 0 Å². The summed E-state index contributed by atoms with van der Waals surface area (Å²) >= 11 is 0. The fourth-order valence-electron chi connectivity index (χ4n) is 2.15. The zero-order valence-corrected chi connectivity index (χ0v) is 12.0. The van der Waals surface area contributed by atoms with Crippen molar-refractivity contribution in [3.63, 3.8) is 0 Å². The van der Waals surface area contributed by atoms with Gasteiger partial charge in [0, 0.05) is 18.6 Å². The lowest BCUT2D eigenvalue weighted by Crippen LogP contribution is -2.33. The van der Waals surface area contributed by atoms with Gasteiger partial charge < -0.3 is 5.11 Å². The number of sulfonamides is 1. The van der Waals surface area contributed by atoms with E-state index in [1.165, 1.54) is 6.08 Å². The summed E-state index contributed by atoms with van der Waals surface area (Å²) in [6.45, 7) is -0.174. The van der Waals surface area contributed by atoms with Gasteiger partial charge in [0.1, 0.15) is 10.7 Å². The molecule has 22 heavy (non-hydrogen) atoms. The highest BCUT2D eigenvalue weighted by molar-refractivity contribution is 7.89. The number of rotatable bonds is 4. The summed E-state index contributed by atoms with van der Waals surface area (Å²) in [4.78, 5) is -1.05. The van der Waals surface area contributed by atoms with E-state index in [-0.39, 0.29) is 25.0 Å². The first-order valence-electron chi connectivity index (χ1n) is 6.32. The van der Waals surface area contributed by atoms with Crippen molar-refractivity contribution < 1.29 is 31.1 Å². The third kappa shape index (κ3) is 3.65. The topological polar surface area (TPSA) is 66.4 Å².